The first-order valence-electron chi connectivity index (χ1n) is 15.8. The molecule has 2 aromatic rings. The molecule has 1 heteroatoms. The Bertz CT molecular complexity index is 1750. The summed E-state index contributed by atoms with van der Waals surface area (Å²) in [5.74, 6) is 0. The molecule has 0 amide bonds. The van der Waals surface area contributed by atoms with Gasteiger partial charge in [0.05, 0.1) is 5.41 Å². The van der Waals surface area contributed by atoms with Crippen LogP contribution >= 0.6 is 0 Å². The molecule has 4 aliphatic carbocycles. The molecule has 1 atom stereocenters. The molecule has 6 rings (SSSR count). The van der Waals surface area contributed by atoms with Crippen LogP contribution in [-0.4, -0.2) is 0 Å². The van der Waals surface area contributed by atoms with Crippen LogP contribution in [0.1, 0.15) is 76.0 Å². The molecule has 0 fully saturated rings. The molecule has 0 saturated heterocycles. The zero-order chi connectivity index (χ0) is 30.0. The summed E-state index contributed by atoms with van der Waals surface area (Å²) in [6.45, 7) is 10.8. The summed E-state index contributed by atoms with van der Waals surface area (Å²) in [5, 5.41) is 0. The van der Waals surface area contributed by atoms with Crippen molar-refractivity contribution in [3.63, 3.8) is 0 Å². The molecule has 2 aromatic carbocycles. The third kappa shape index (κ3) is 5.12. The second-order valence-corrected chi connectivity index (χ2v) is 12.3. The van der Waals surface area contributed by atoms with E-state index < -0.39 is 0 Å². The van der Waals surface area contributed by atoms with Crippen molar-refractivity contribution in [2.24, 2.45) is 5.73 Å². The predicted octanol–water partition coefficient (Wildman–Crippen LogP) is 10.9. The maximum absolute atomic E-state index is 5.99. The Morgan fingerprint density at radius 3 is 2.53 bits per heavy atom. The molecular formula is C42H43N. The van der Waals surface area contributed by atoms with E-state index in [1.807, 2.05) is 6.08 Å². The van der Waals surface area contributed by atoms with Crippen LogP contribution in [0.5, 0.6) is 0 Å². The van der Waals surface area contributed by atoms with Crippen molar-refractivity contribution >= 4 is 5.57 Å². The van der Waals surface area contributed by atoms with Gasteiger partial charge in [0.15, 0.2) is 0 Å². The molecule has 0 bridgehead atoms. The molecule has 0 radical (unpaired) electrons. The first-order valence-corrected chi connectivity index (χ1v) is 15.8. The minimum atomic E-state index is -0.378. The fourth-order valence-electron chi connectivity index (χ4n) is 7.49. The van der Waals surface area contributed by atoms with Crippen LogP contribution in [0.4, 0.5) is 0 Å². The smallest absolute Gasteiger partial charge is 0.0681 e. The van der Waals surface area contributed by atoms with Crippen LogP contribution in [0.25, 0.3) is 16.7 Å². The number of allylic oxidation sites excluding steroid dienone is 18. The van der Waals surface area contributed by atoms with Crippen LogP contribution in [0.2, 0.25) is 0 Å². The molecule has 0 saturated carbocycles. The maximum atomic E-state index is 5.99. The fourth-order valence-corrected chi connectivity index (χ4v) is 7.49. The minimum absolute atomic E-state index is 0.378. The highest BCUT2D eigenvalue weighted by Crippen LogP contribution is 2.60. The van der Waals surface area contributed by atoms with Crippen molar-refractivity contribution in [3.05, 3.63) is 172 Å². The van der Waals surface area contributed by atoms with E-state index in [-0.39, 0.29) is 5.41 Å². The van der Waals surface area contributed by atoms with Crippen LogP contribution in [0, 0.1) is 0 Å². The molecule has 1 unspecified atom stereocenters. The van der Waals surface area contributed by atoms with Crippen molar-refractivity contribution in [1.29, 1.82) is 0 Å². The highest BCUT2D eigenvalue weighted by molar-refractivity contribution is 5.89. The van der Waals surface area contributed by atoms with Crippen molar-refractivity contribution in [3.8, 4) is 11.1 Å². The Labute approximate surface area is 258 Å². The molecule has 0 heterocycles. The predicted molar refractivity (Wildman–Crippen MR) is 185 cm³/mol. The second kappa shape index (κ2) is 12.1. The first kappa shape index (κ1) is 28.7. The summed E-state index contributed by atoms with van der Waals surface area (Å²) >= 11 is 0. The molecule has 2 N–H and O–H groups in total. The largest absolute Gasteiger partial charge is 0.399 e. The van der Waals surface area contributed by atoms with Crippen molar-refractivity contribution in [2.45, 2.75) is 64.7 Å². The van der Waals surface area contributed by atoms with Crippen LogP contribution in [0.15, 0.2) is 155 Å². The van der Waals surface area contributed by atoms with Gasteiger partial charge in [0.2, 0.25) is 0 Å². The molecular weight excluding hydrogens is 518 g/mol. The monoisotopic (exact) mass is 561 g/mol. The lowest BCUT2D eigenvalue weighted by atomic mass is 9.63. The van der Waals surface area contributed by atoms with E-state index in [9.17, 15) is 0 Å². The van der Waals surface area contributed by atoms with Gasteiger partial charge in [-0.25, -0.2) is 0 Å². The highest BCUT2D eigenvalue weighted by atomic mass is 14.5. The van der Waals surface area contributed by atoms with E-state index in [0.717, 1.165) is 38.5 Å². The SMILES string of the molecule is C=C(N)C=C/C(=C\CCC)c1ccc2c(c1)C(C1=C(C)C=CC1)(C1=C(/C)CC3=C(C=C/C=C\1)C=CCC3)c1ccccc1-2. The Morgan fingerprint density at radius 2 is 1.74 bits per heavy atom. The van der Waals surface area contributed by atoms with Crippen LogP contribution in [-0.2, 0) is 5.41 Å². The topological polar surface area (TPSA) is 26.0 Å². The standard InChI is InChI=1S/C42H43N/c1-5-6-15-33(24-23-31(4)43)35-25-26-37-36-19-10-12-21-40(36)42(41(37)28-35,38-22-13-14-29(38)2)39-20-11-9-17-32-16-7-8-18-34(32)27-30(39)3/h7,9-17,19-21,23-26,28H,4-6,8,18,22,27,43H2,1-3H3/b17-9?,20-11-,24-23?,33-15+,39-30-. The van der Waals surface area contributed by atoms with Gasteiger partial charge in [-0.05, 0) is 108 Å². The lowest BCUT2D eigenvalue weighted by molar-refractivity contribution is 0.708. The van der Waals surface area contributed by atoms with Gasteiger partial charge in [0.25, 0.3) is 0 Å². The molecule has 4 aliphatic rings. The average molecular weight is 562 g/mol. The minimum Gasteiger partial charge on any atom is -0.399 e. The first-order chi connectivity index (χ1) is 20.9. The maximum Gasteiger partial charge on any atom is 0.0681 e. The van der Waals surface area contributed by atoms with Gasteiger partial charge in [0.1, 0.15) is 0 Å². The van der Waals surface area contributed by atoms with Crippen LogP contribution in [0.3, 0.4) is 0 Å². The Hall–Kier alpha value is -4.36. The van der Waals surface area contributed by atoms with E-state index in [4.69, 9.17) is 5.73 Å². The number of fused-ring (bicyclic) bond motifs is 3. The molecule has 1 nitrogen and oxygen atoms in total. The van der Waals surface area contributed by atoms with Gasteiger partial charge in [0, 0.05) is 5.70 Å². The van der Waals surface area contributed by atoms with E-state index in [1.165, 1.54) is 61.3 Å². The molecule has 0 spiro atoms. The summed E-state index contributed by atoms with van der Waals surface area (Å²) in [5.41, 5.74) is 22.7. The van der Waals surface area contributed by atoms with Gasteiger partial charge >= 0.3 is 0 Å². The van der Waals surface area contributed by atoms with Crippen molar-refractivity contribution < 1.29 is 0 Å². The normalized spacial score (nSPS) is 23.7. The number of rotatable bonds is 7. The Balaban J connectivity index is 1.67. The third-order valence-electron chi connectivity index (χ3n) is 9.44. The van der Waals surface area contributed by atoms with E-state index in [2.05, 4.69) is 131 Å². The van der Waals surface area contributed by atoms with E-state index >= 15 is 0 Å². The van der Waals surface area contributed by atoms with Crippen LogP contribution < -0.4 is 5.73 Å². The summed E-state index contributed by atoms with van der Waals surface area (Å²) in [6.07, 6.45) is 31.2. The van der Waals surface area contributed by atoms with Crippen molar-refractivity contribution in [1.82, 2.24) is 0 Å². The summed E-state index contributed by atoms with van der Waals surface area (Å²) < 4.78 is 0. The van der Waals surface area contributed by atoms with Gasteiger partial charge in [-0.1, -0.05) is 134 Å². The fraction of sp³-hybridized carbons (Fsp3) is 0.238. The lowest BCUT2D eigenvalue weighted by Gasteiger charge is -2.38. The Morgan fingerprint density at radius 1 is 0.930 bits per heavy atom. The molecule has 43 heavy (non-hydrogen) atoms. The lowest BCUT2D eigenvalue weighted by Crippen LogP contribution is -2.31. The number of nitrogens with two attached hydrogens (primary N) is 1. The molecule has 0 aliphatic heterocycles. The summed E-state index contributed by atoms with van der Waals surface area (Å²) in [6, 6.07) is 16.2. The number of hydrogen-bond donors (Lipinski definition) is 1. The molecule has 216 valence electrons. The van der Waals surface area contributed by atoms with Crippen molar-refractivity contribution in [2.75, 3.05) is 0 Å². The zero-order valence-corrected chi connectivity index (χ0v) is 25.9. The highest BCUT2D eigenvalue weighted by Gasteiger charge is 2.49. The number of benzene rings is 2. The summed E-state index contributed by atoms with van der Waals surface area (Å²) in [4.78, 5) is 0. The van der Waals surface area contributed by atoms with Gasteiger partial charge in [-0.2, -0.15) is 0 Å². The zero-order valence-electron chi connectivity index (χ0n) is 25.9. The number of hydrogen-bond acceptors (Lipinski definition) is 1. The third-order valence-corrected chi connectivity index (χ3v) is 9.44. The van der Waals surface area contributed by atoms with Gasteiger partial charge < -0.3 is 5.73 Å². The van der Waals surface area contributed by atoms with Gasteiger partial charge in [-0.3, -0.25) is 0 Å². The quantitative estimate of drug-likeness (QED) is 0.334. The molecule has 0 aromatic heterocycles. The van der Waals surface area contributed by atoms with E-state index in [1.54, 1.807) is 5.57 Å². The number of unbranched alkanes of at least 4 members (excludes halogenated alkanes) is 1. The van der Waals surface area contributed by atoms with E-state index in [0.29, 0.717) is 5.70 Å². The van der Waals surface area contributed by atoms with Gasteiger partial charge in [-0.15, -0.1) is 0 Å². The second-order valence-electron chi connectivity index (χ2n) is 12.3. The average Bonchev–Trinajstić information content (AvgIpc) is 3.58. The summed E-state index contributed by atoms with van der Waals surface area (Å²) in [7, 11) is 0. The Kier molecular flexibility index (Phi) is 8.08.